The molecule has 2 saturated heterocycles. The first-order chi connectivity index (χ1) is 22.3. The molecule has 3 N–H and O–H groups in total. The average molecular weight is 682 g/mol. The summed E-state index contributed by atoms with van der Waals surface area (Å²) < 4.78 is 25.1. The fourth-order valence-electron chi connectivity index (χ4n) is 7.50. The zero-order valence-corrected chi connectivity index (χ0v) is 33.6. The van der Waals surface area contributed by atoms with Crippen LogP contribution in [0.5, 0.6) is 0 Å². The quantitative estimate of drug-likeness (QED) is 0.244. The van der Waals surface area contributed by atoms with Gasteiger partial charge in [-0.25, -0.2) is 0 Å². The van der Waals surface area contributed by atoms with Crippen molar-refractivity contribution in [2.45, 2.75) is 184 Å². The van der Waals surface area contributed by atoms with Crippen LogP contribution in [-0.4, -0.2) is 82.7 Å². The van der Waals surface area contributed by atoms with Crippen LogP contribution in [0, 0.1) is 40.9 Å². The number of rotatable bonds is 6. The molecule has 0 amide bonds. The highest BCUT2D eigenvalue weighted by Crippen LogP contribution is 2.43. The number of hydrogen-bond acceptors (Lipinski definition) is 8. The largest absolute Gasteiger partial charge is 0.492 e. The summed E-state index contributed by atoms with van der Waals surface area (Å²) in [6, 6.07) is 0. The van der Waals surface area contributed by atoms with Crippen molar-refractivity contribution in [2.75, 3.05) is 13.7 Å². The third-order valence-corrected chi connectivity index (χ3v) is 10.8. The van der Waals surface area contributed by atoms with Crippen LogP contribution in [0.3, 0.4) is 0 Å². The van der Waals surface area contributed by atoms with Crippen LogP contribution in [0.1, 0.15) is 136 Å². The Labute approximate surface area is 295 Å². The number of ether oxygens (including phenoxy) is 4. The van der Waals surface area contributed by atoms with E-state index in [-0.39, 0.29) is 35.2 Å². The first-order valence-corrected chi connectivity index (χ1v) is 18.5. The summed E-state index contributed by atoms with van der Waals surface area (Å²) in [5, 5.41) is 34.1. The van der Waals surface area contributed by atoms with Crippen LogP contribution in [0.15, 0.2) is 17.3 Å². The second-order valence-electron chi connectivity index (χ2n) is 14.6. The van der Waals surface area contributed by atoms with Gasteiger partial charge >= 0.3 is 0 Å². The predicted octanol–water partition coefficient (Wildman–Crippen LogP) is 7.96. The van der Waals surface area contributed by atoms with Gasteiger partial charge in [-0.1, -0.05) is 75.3 Å². The number of nitrogens with zero attached hydrogens (tertiary/aromatic N) is 1. The summed E-state index contributed by atoms with van der Waals surface area (Å²) in [5.41, 5.74) is -1.43. The maximum Gasteiger partial charge on any atom is 0.161 e. The minimum Gasteiger partial charge on any atom is -0.492 e. The molecule has 48 heavy (non-hydrogen) atoms. The van der Waals surface area contributed by atoms with Crippen molar-refractivity contribution >= 4 is 5.71 Å². The highest BCUT2D eigenvalue weighted by atomic mass is 16.7. The Hall–Kier alpha value is -1.47. The maximum absolute atomic E-state index is 11.8. The maximum atomic E-state index is 11.8. The van der Waals surface area contributed by atoms with Crippen molar-refractivity contribution in [2.24, 2.45) is 34.1 Å². The predicted molar refractivity (Wildman–Crippen MR) is 199 cm³/mol. The van der Waals surface area contributed by atoms with Gasteiger partial charge in [-0.15, -0.1) is 11.8 Å². The van der Waals surface area contributed by atoms with E-state index in [1.54, 1.807) is 14.0 Å². The Morgan fingerprint density at radius 3 is 1.94 bits per heavy atom. The lowest BCUT2D eigenvalue weighted by Gasteiger charge is -2.47. The summed E-state index contributed by atoms with van der Waals surface area (Å²) in [4.78, 5) is 4.87. The van der Waals surface area contributed by atoms with Crippen LogP contribution >= 0.6 is 0 Å². The molecule has 0 bridgehead atoms. The van der Waals surface area contributed by atoms with Gasteiger partial charge in [0.1, 0.15) is 17.8 Å². The molecule has 8 nitrogen and oxygen atoms in total. The number of aliphatic imine (C=N–C) groups is 1. The van der Waals surface area contributed by atoms with E-state index < -0.39 is 41.9 Å². The fraction of sp³-hybridized carbons (Fsp3) is 0.875. The van der Waals surface area contributed by atoms with E-state index in [4.69, 9.17) is 23.9 Å². The summed E-state index contributed by atoms with van der Waals surface area (Å²) in [7, 11) is 1.61. The lowest BCUT2D eigenvalue weighted by molar-refractivity contribution is -0.296. The van der Waals surface area contributed by atoms with Gasteiger partial charge in [0, 0.05) is 37.6 Å². The van der Waals surface area contributed by atoms with Gasteiger partial charge in [0.2, 0.25) is 0 Å². The molecule has 3 unspecified atom stereocenters. The van der Waals surface area contributed by atoms with Crippen LogP contribution in [0.25, 0.3) is 0 Å². The van der Waals surface area contributed by atoms with Crippen LogP contribution in [-0.2, 0) is 18.9 Å². The topological polar surface area (TPSA) is 110 Å². The molecule has 0 aromatic carbocycles. The number of aliphatic hydroxyl groups excluding tert-OH is 2. The van der Waals surface area contributed by atoms with Crippen molar-refractivity contribution in [1.82, 2.24) is 0 Å². The molecule has 8 heteroatoms. The molecule has 0 spiro atoms. The Bertz CT molecular complexity index is 1030. The Morgan fingerprint density at radius 2 is 1.48 bits per heavy atom. The molecular formula is C40H75NO7. The molecule has 0 saturated carbocycles. The molecule has 0 aromatic rings. The SMILES string of the molecule is C=C1O[C@H](CC)[C@@](C)(O)C(O)C(C)C(=NCC)[C@H](C)C[C@@](C)(CC)C[C@@H](C)[C@H](O[C@H]2C[C@@](C)(OC)[C@@H](O)C(C)O2)[C@H]1C.CC.CC#CC. The Kier molecular flexibility index (Phi) is 20.4. The van der Waals surface area contributed by atoms with E-state index in [9.17, 15) is 15.3 Å². The lowest BCUT2D eigenvalue weighted by Crippen LogP contribution is -2.57. The van der Waals surface area contributed by atoms with Crippen molar-refractivity contribution in [3.63, 3.8) is 0 Å². The van der Waals surface area contributed by atoms with Gasteiger partial charge in [-0.3, -0.25) is 4.99 Å². The van der Waals surface area contributed by atoms with Crippen molar-refractivity contribution in [3.05, 3.63) is 12.3 Å². The average Bonchev–Trinajstić information content (AvgIpc) is 3.06. The van der Waals surface area contributed by atoms with Gasteiger partial charge < -0.3 is 34.3 Å². The molecule has 2 fully saturated rings. The molecule has 13 atom stereocenters. The normalized spacial score (nSPS) is 42.1. The monoisotopic (exact) mass is 682 g/mol. The molecule has 2 aliphatic rings. The van der Waals surface area contributed by atoms with Gasteiger partial charge in [0.15, 0.2) is 6.29 Å². The molecule has 2 aliphatic heterocycles. The number of aliphatic hydroxyl groups is 3. The third-order valence-electron chi connectivity index (χ3n) is 10.8. The van der Waals surface area contributed by atoms with E-state index in [1.807, 2.05) is 69.2 Å². The molecule has 0 radical (unpaired) electrons. The molecule has 282 valence electrons. The minimum atomic E-state index is -1.54. The minimum absolute atomic E-state index is 0.0297. The molecule has 2 rings (SSSR count). The second-order valence-corrected chi connectivity index (χ2v) is 14.6. The first-order valence-electron chi connectivity index (χ1n) is 18.5. The Balaban J connectivity index is 0.00000341. The smallest absolute Gasteiger partial charge is 0.161 e. The van der Waals surface area contributed by atoms with E-state index in [0.717, 1.165) is 25.0 Å². The van der Waals surface area contributed by atoms with Gasteiger partial charge in [-0.05, 0) is 78.1 Å². The van der Waals surface area contributed by atoms with Crippen LogP contribution in [0.4, 0.5) is 0 Å². The summed E-state index contributed by atoms with van der Waals surface area (Å²) in [5.74, 6) is 5.51. The highest BCUT2D eigenvalue weighted by molar-refractivity contribution is 5.89. The molecule has 0 aliphatic carbocycles. The highest BCUT2D eigenvalue weighted by Gasteiger charge is 2.49. The number of hydrogen-bond donors (Lipinski definition) is 3. The Morgan fingerprint density at radius 1 is 0.917 bits per heavy atom. The van der Waals surface area contributed by atoms with E-state index in [2.05, 4.69) is 46.1 Å². The molecule has 0 aromatic heterocycles. The van der Waals surface area contributed by atoms with Crippen LogP contribution < -0.4 is 0 Å². The van der Waals surface area contributed by atoms with Crippen molar-refractivity contribution in [1.29, 1.82) is 0 Å². The van der Waals surface area contributed by atoms with Gasteiger partial charge in [-0.2, -0.15) is 0 Å². The summed E-state index contributed by atoms with van der Waals surface area (Å²) >= 11 is 0. The summed E-state index contributed by atoms with van der Waals surface area (Å²) in [6.07, 6.45) is -0.256. The van der Waals surface area contributed by atoms with Crippen LogP contribution in [0.2, 0.25) is 0 Å². The first kappa shape index (κ1) is 46.5. The van der Waals surface area contributed by atoms with E-state index in [1.165, 1.54) is 0 Å². The number of methoxy groups -OCH3 is 1. The fourth-order valence-corrected chi connectivity index (χ4v) is 7.50. The van der Waals surface area contributed by atoms with Gasteiger partial charge in [0.25, 0.3) is 0 Å². The molecule has 2 heterocycles. The zero-order chi connectivity index (χ0) is 37.6. The van der Waals surface area contributed by atoms with Crippen molar-refractivity contribution in [3.8, 4) is 11.8 Å². The summed E-state index contributed by atoms with van der Waals surface area (Å²) in [6.45, 7) is 34.9. The van der Waals surface area contributed by atoms with Gasteiger partial charge in [0.05, 0.1) is 29.7 Å². The van der Waals surface area contributed by atoms with Crippen molar-refractivity contribution < 1.29 is 34.3 Å². The zero-order valence-electron chi connectivity index (χ0n) is 33.6. The molecular weight excluding hydrogens is 606 g/mol. The standard InChI is InChI=1S/C34H63NO7.C4H6.C2H6/c1-14-26-34(12,38)30(36)23(7)28(35-16-3)20(4)17-32(10,15-2)18-21(5)29(22(6)24(8)40-26)42-27-19-33(11,39-13)31(37)25(9)41-27;1-3-4-2;1-2/h20-23,25-27,29-31,36-38H,8,14-19H2,1-7,9-13H3;1-2H3;1-2H3/t20-,21-,22+,23?,25?,26-,27+,29+,30?,31+,32-,33-,34-;;/m1../s1. The third kappa shape index (κ3) is 12.1. The lowest BCUT2D eigenvalue weighted by atomic mass is 9.68. The second kappa shape index (κ2) is 21.0. The van der Waals surface area contributed by atoms with E-state index >= 15 is 0 Å². The van der Waals surface area contributed by atoms with E-state index in [0.29, 0.717) is 25.1 Å².